The maximum absolute atomic E-state index is 10.2. The highest BCUT2D eigenvalue weighted by molar-refractivity contribution is 4.84. The van der Waals surface area contributed by atoms with Gasteiger partial charge >= 0.3 is 0 Å². The molecule has 0 spiro atoms. The van der Waals surface area contributed by atoms with Gasteiger partial charge in [-0.2, -0.15) is 0 Å². The zero-order valence-electron chi connectivity index (χ0n) is 20.6. The summed E-state index contributed by atoms with van der Waals surface area (Å²) < 4.78 is 0.676. The standard InChI is InChI=1S/C27H53N2O/c1-4-6-7-8-9-10-11-12-13-14-15-16-17-18-19-20-21-22-23-27-28-24-25-29(27,5-2)26(3)30/h8-9,24-28,30H,4-7,10-23H2,1-3H3/q+1/b9-8+. The highest BCUT2D eigenvalue weighted by Crippen LogP contribution is 2.26. The summed E-state index contributed by atoms with van der Waals surface area (Å²) in [5.41, 5.74) is 0. The summed E-state index contributed by atoms with van der Waals surface area (Å²) in [5, 5.41) is 13.7. The van der Waals surface area contributed by atoms with E-state index in [1.54, 1.807) is 0 Å². The molecule has 3 unspecified atom stereocenters. The molecule has 0 bridgehead atoms. The maximum Gasteiger partial charge on any atom is 0.193 e. The number of quaternary nitrogens is 1. The second kappa shape index (κ2) is 17.8. The molecule has 0 saturated heterocycles. The molecular weight excluding hydrogens is 368 g/mol. The molecule has 176 valence electrons. The topological polar surface area (TPSA) is 32.3 Å². The van der Waals surface area contributed by atoms with Gasteiger partial charge in [0.1, 0.15) is 6.20 Å². The Morgan fingerprint density at radius 1 is 0.800 bits per heavy atom. The summed E-state index contributed by atoms with van der Waals surface area (Å²) in [4.78, 5) is 0. The number of hydrogen-bond acceptors (Lipinski definition) is 2. The zero-order valence-corrected chi connectivity index (χ0v) is 20.6. The van der Waals surface area contributed by atoms with Crippen LogP contribution in [-0.2, 0) is 0 Å². The predicted octanol–water partition coefficient (Wildman–Crippen LogP) is 7.77. The Bertz CT molecular complexity index is 446. The number of unbranched alkanes of at least 4 members (excludes halogenated alkanes) is 14. The molecule has 1 aliphatic heterocycles. The van der Waals surface area contributed by atoms with E-state index < -0.39 is 0 Å². The van der Waals surface area contributed by atoms with E-state index in [-0.39, 0.29) is 6.23 Å². The smallest absolute Gasteiger partial charge is 0.193 e. The molecule has 0 radical (unpaired) electrons. The number of nitrogens with one attached hydrogen (secondary N) is 1. The van der Waals surface area contributed by atoms with E-state index in [1.165, 1.54) is 103 Å². The Kier molecular flexibility index (Phi) is 16.2. The van der Waals surface area contributed by atoms with E-state index in [4.69, 9.17) is 0 Å². The number of rotatable bonds is 20. The highest BCUT2D eigenvalue weighted by Gasteiger charge is 2.40. The Hall–Kier alpha value is -0.800. The van der Waals surface area contributed by atoms with Crippen molar-refractivity contribution < 1.29 is 9.59 Å². The first kappa shape index (κ1) is 27.2. The number of aliphatic hydroxyl groups is 1. The fourth-order valence-electron chi connectivity index (χ4n) is 4.76. The van der Waals surface area contributed by atoms with Crippen LogP contribution < -0.4 is 5.32 Å². The molecule has 30 heavy (non-hydrogen) atoms. The fraction of sp³-hybridized carbons (Fsp3) is 0.852. The van der Waals surface area contributed by atoms with Crippen molar-refractivity contribution in [1.82, 2.24) is 5.32 Å². The van der Waals surface area contributed by atoms with Crippen molar-refractivity contribution in [2.24, 2.45) is 0 Å². The molecule has 3 atom stereocenters. The third-order valence-corrected chi connectivity index (χ3v) is 6.95. The van der Waals surface area contributed by atoms with Gasteiger partial charge in [-0.05, 0) is 32.6 Å². The van der Waals surface area contributed by atoms with Crippen molar-refractivity contribution in [1.29, 1.82) is 0 Å². The quantitative estimate of drug-likeness (QED) is 0.119. The normalized spacial score (nSPS) is 22.1. The van der Waals surface area contributed by atoms with Gasteiger partial charge in [0, 0.05) is 13.3 Å². The van der Waals surface area contributed by atoms with E-state index in [0.29, 0.717) is 10.6 Å². The van der Waals surface area contributed by atoms with E-state index in [2.05, 4.69) is 37.5 Å². The highest BCUT2D eigenvalue weighted by atomic mass is 16.3. The molecule has 0 aromatic rings. The molecule has 0 aromatic heterocycles. The van der Waals surface area contributed by atoms with Gasteiger partial charge in [0.25, 0.3) is 0 Å². The molecule has 0 aromatic carbocycles. The number of hydrogen-bond donors (Lipinski definition) is 2. The first-order valence-electron chi connectivity index (χ1n) is 13.3. The predicted molar refractivity (Wildman–Crippen MR) is 132 cm³/mol. The van der Waals surface area contributed by atoms with E-state index >= 15 is 0 Å². The van der Waals surface area contributed by atoms with Gasteiger partial charge in [-0.15, -0.1) is 0 Å². The molecule has 1 heterocycles. The van der Waals surface area contributed by atoms with Crippen LogP contribution in [0.1, 0.15) is 130 Å². The van der Waals surface area contributed by atoms with Crippen molar-refractivity contribution in [3.63, 3.8) is 0 Å². The van der Waals surface area contributed by atoms with E-state index in [1.807, 2.05) is 13.1 Å². The number of aliphatic hydroxyl groups excluding tert-OH is 1. The van der Waals surface area contributed by atoms with Gasteiger partial charge in [-0.1, -0.05) is 96.1 Å². The Morgan fingerprint density at radius 2 is 1.30 bits per heavy atom. The lowest BCUT2D eigenvalue weighted by molar-refractivity contribution is -0.942. The fourth-order valence-corrected chi connectivity index (χ4v) is 4.76. The summed E-state index contributed by atoms with van der Waals surface area (Å²) in [6.45, 7) is 7.30. The molecule has 0 fully saturated rings. The average molecular weight is 422 g/mol. The number of nitrogens with zero attached hydrogens (tertiary/aromatic N) is 1. The molecule has 1 rings (SSSR count). The molecule has 1 aliphatic rings. The summed E-state index contributed by atoms with van der Waals surface area (Å²) in [5.74, 6) is 0. The van der Waals surface area contributed by atoms with E-state index in [9.17, 15) is 5.11 Å². The molecule has 3 heteroatoms. The molecule has 0 aliphatic carbocycles. The monoisotopic (exact) mass is 421 g/mol. The van der Waals surface area contributed by atoms with Crippen molar-refractivity contribution >= 4 is 0 Å². The molecule has 0 amide bonds. The SMILES string of the molecule is CCCC/C=C/CCCCCCCCCCCCCCC1NC=C[N+]1(CC)C(C)O. The summed E-state index contributed by atoms with van der Waals surface area (Å²) in [6, 6.07) is 0. The first-order valence-corrected chi connectivity index (χ1v) is 13.3. The van der Waals surface area contributed by atoms with Crippen LogP contribution in [-0.4, -0.2) is 28.5 Å². The molecule has 2 N–H and O–H groups in total. The molecule has 0 saturated carbocycles. The Balaban J connectivity index is 1.85. The third kappa shape index (κ3) is 11.0. The molecular formula is C27H53N2O+. The van der Waals surface area contributed by atoms with Gasteiger partial charge in [0.05, 0.1) is 12.7 Å². The van der Waals surface area contributed by atoms with Gasteiger partial charge in [0.15, 0.2) is 12.4 Å². The van der Waals surface area contributed by atoms with Crippen molar-refractivity contribution in [2.45, 2.75) is 142 Å². The third-order valence-electron chi connectivity index (χ3n) is 6.95. The minimum absolute atomic E-state index is 0.335. The van der Waals surface area contributed by atoms with Crippen LogP contribution in [0.15, 0.2) is 24.6 Å². The number of allylic oxidation sites excluding steroid dienone is 2. The van der Waals surface area contributed by atoms with Gasteiger partial charge < -0.3 is 10.4 Å². The van der Waals surface area contributed by atoms with Crippen LogP contribution in [0.4, 0.5) is 0 Å². The second-order valence-corrected chi connectivity index (χ2v) is 9.37. The summed E-state index contributed by atoms with van der Waals surface area (Å²) in [6.07, 6.45) is 32.0. The summed E-state index contributed by atoms with van der Waals surface area (Å²) in [7, 11) is 0. The van der Waals surface area contributed by atoms with Crippen molar-refractivity contribution in [2.75, 3.05) is 6.54 Å². The minimum atomic E-state index is -0.335. The van der Waals surface area contributed by atoms with Gasteiger partial charge in [-0.3, -0.25) is 4.48 Å². The lowest BCUT2D eigenvalue weighted by atomic mass is 10.0. The van der Waals surface area contributed by atoms with Crippen LogP contribution in [0.25, 0.3) is 0 Å². The zero-order chi connectivity index (χ0) is 21.9. The lowest BCUT2D eigenvalue weighted by Gasteiger charge is -2.39. The average Bonchev–Trinajstić information content (AvgIpc) is 3.17. The second-order valence-electron chi connectivity index (χ2n) is 9.37. The van der Waals surface area contributed by atoms with Crippen molar-refractivity contribution in [3.05, 3.63) is 24.6 Å². The minimum Gasteiger partial charge on any atom is -0.345 e. The van der Waals surface area contributed by atoms with E-state index in [0.717, 1.165) is 13.0 Å². The maximum atomic E-state index is 10.2. The van der Waals surface area contributed by atoms with Crippen LogP contribution in [0, 0.1) is 0 Å². The van der Waals surface area contributed by atoms with Crippen LogP contribution in [0.5, 0.6) is 0 Å². The Labute approximate surface area is 188 Å². The first-order chi connectivity index (χ1) is 14.7. The van der Waals surface area contributed by atoms with Crippen LogP contribution in [0.2, 0.25) is 0 Å². The van der Waals surface area contributed by atoms with Crippen molar-refractivity contribution in [3.8, 4) is 0 Å². The Morgan fingerprint density at radius 3 is 1.80 bits per heavy atom. The summed E-state index contributed by atoms with van der Waals surface area (Å²) >= 11 is 0. The van der Waals surface area contributed by atoms with Crippen LogP contribution >= 0.6 is 0 Å². The molecule has 3 nitrogen and oxygen atoms in total. The van der Waals surface area contributed by atoms with Gasteiger partial charge in [0.2, 0.25) is 0 Å². The lowest BCUT2D eigenvalue weighted by Crippen LogP contribution is -2.57. The van der Waals surface area contributed by atoms with Crippen LogP contribution in [0.3, 0.4) is 0 Å². The van der Waals surface area contributed by atoms with Gasteiger partial charge in [-0.25, -0.2) is 0 Å². The largest absolute Gasteiger partial charge is 0.345 e.